The van der Waals surface area contributed by atoms with Gasteiger partial charge in [-0.15, -0.1) is 0 Å². The summed E-state index contributed by atoms with van der Waals surface area (Å²) >= 11 is 0. The lowest BCUT2D eigenvalue weighted by molar-refractivity contribution is -0.138. The smallest absolute Gasteiger partial charge is 0.310 e. The number of ketones is 1. The van der Waals surface area contributed by atoms with Crippen molar-refractivity contribution < 1.29 is 14.7 Å². The summed E-state index contributed by atoms with van der Waals surface area (Å²) < 4.78 is 0. The first kappa shape index (κ1) is 14.2. The number of allylic oxidation sites excluding steroid dienone is 1. The molecule has 0 spiro atoms. The van der Waals surface area contributed by atoms with Crippen LogP contribution in [0.4, 0.5) is 0 Å². The highest BCUT2D eigenvalue weighted by Gasteiger charge is 2.12. The number of carbonyl (C=O) groups is 2. The molecule has 0 aromatic heterocycles. The number of aliphatic carboxylic acids is 1. The van der Waals surface area contributed by atoms with Gasteiger partial charge in [0.15, 0.2) is 5.78 Å². The molecule has 0 aliphatic carbocycles. The fourth-order valence-electron chi connectivity index (χ4n) is 1.56. The van der Waals surface area contributed by atoms with E-state index in [1.54, 1.807) is 31.2 Å². The predicted molar refractivity (Wildman–Crippen MR) is 71.4 cm³/mol. The third kappa shape index (κ3) is 4.17. The van der Waals surface area contributed by atoms with Crippen molar-refractivity contribution in [1.29, 1.82) is 0 Å². The van der Waals surface area contributed by atoms with E-state index in [-0.39, 0.29) is 5.78 Å². The number of hydrogen-bond acceptors (Lipinski definition) is 2. The van der Waals surface area contributed by atoms with E-state index in [0.29, 0.717) is 6.42 Å². The first-order chi connectivity index (χ1) is 8.54. The summed E-state index contributed by atoms with van der Waals surface area (Å²) in [4.78, 5) is 22.1. The van der Waals surface area contributed by atoms with Gasteiger partial charge in [0, 0.05) is 6.42 Å². The Morgan fingerprint density at radius 2 is 1.89 bits per heavy atom. The highest BCUT2D eigenvalue weighted by Crippen LogP contribution is 2.16. The topological polar surface area (TPSA) is 54.4 Å². The summed E-state index contributed by atoms with van der Waals surface area (Å²) in [6.45, 7) is 3.62. The molecule has 1 unspecified atom stereocenters. The van der Waals surface area contributed by atoms with Crippen molar-refractivity contribution in [3.8, 4) is 0 Å². The van der Waals surface area contributed by atoms with Crippen molar-refractivity contribution >= 4 is 17.8 Å². The summed E-state index contributed by atoms with van der Waals surface area (Å²) in [5.74, 6) is -1.23. The number of rotatable bonds is 6. The third-order valence-corrected chi connectivity index (χ3v) is 2.76. The minimum Gasteiger partial charge on any atom is -0.481 e. The van der Waals surface area contributed by atoms with Crippen molar-refractivity contribution in [3.63, 3.8) is 0 Å². The Labute approximate surface area is 107 Å². The van der Waals surface area contributed by atoms with E-state index in [0.717, 1.165) is 17.5 Å². The zero-order valence-corrected chi connectivity index (χ0v) is 10.7. The van der Waals surface area contributed by atoms with E-state index in [4.69, 9.17) is 5.11 Å². The molecule has 3 nitrogen and oxygen atoms in total. The molecule has 0 heterocycles. The summed E-state index contributed by atoms with van der Waals surface area (Å²) in [5.41, 5.74) is 1.67. The Hall–Kier alpha value is -1.90. The molecule has 18 heavy (non-hydrogen) atoms. The SMILES string of the molecule is CCCC(=O)/C=C/c1ccc(C(C)C(=O)O)cc1. The Morgan fingerprint density at radius 1 is 1.28 bits per heavy atom. The van der Waals surface area contributed by atoms with Gasteiger partial charge < -0.3 is 5.11 Å². The van der Waals surface area contributed by atoms with Crippen LogP contribution in [-0.4, -0.2) is 16.9 Å². The second kappa shape index (κ2) is 6.74. The monoisotopic (exact) mass is 246 g/mol. The first-order valence-electron chi connectivity index (χ1n) is 6.08. The van der Waals surface area contributed by atoms with Crippen LogP contribution in [0.25, 0.3) is 6.08 Å². The van der Waals surface area contributed by atoms with Gasteiger partial charge in [-0.25, -0.2) is 0 Å². The van der Waals surface area contributed by atoms with Crippen molar-refractivity contribution in [2.75, 3.05) is 0 Å². The summed E-state index contributed by atoms with van der Waals surface area (Å²) in [6, 6.07) is 7.21. The van der Waals surface area contributed by atoms with Gasteiger partial charge >= 0.3 is 5.97 Å². The maximum Gasteiger partial charge on any atom is 0.310 e. The molecule has 96 valence electrons. The Kier molecular flexibility index (Phi) is 5.31. The summed E-state index contributed by atoms with van der Waals surface area (Å²) in [5, 5.41) is 8.88. The molecule has 3 heteroatoms. The van der Waals surface area contributed by atoms with Gasteiger partial charge in [0.1, 0.15) is 0 Å². The minimum atomic E-state index is -0.837. The van der Waals surface area contributed by atoms with Gasteiger partial charge in [-0.2, -0.15) is 0 Å². The number of benzene rings is 1. The zero-order chi connectivity index (χ0) is 13.5. The Morgan fingerprint density at radius 3 is 2.39 bits per heavy atom. The molecular formula is C15H18O3. The van der Waals surface area contributed by atoms with Crippen LogP contribution in [0.1, 0.15) is 43.7 Å². The van der Waals surface area contributed by atoms with Crippen LogP contribution < -0.4 is 0 Å². The van der Waals surface area contributed by atoms with Gasteiger partial charge in [-0.1, -0.05) is 37.3 Å². The fraction of sp³-hybridized carbons (Fsp3) is 0.333. The lowest BCUT2D eigenvalue weighted by Gasteiger charge is -2.06. The van der Waals surface area contributed by atoms with Crippen molar-refractivity contribution in [3.05, 3.63) is 41.5 Å². The Balaban J connectivity index is 2.71. The second-order valence-electron chi connectivity index (χ2n) is 4.28. The van der Waals surface area contributed by atoms with Crippen molar-refractivity contribution in [2.45, 2.75) is 32.6 Å². The molecule has 0 amide bonds. The third-order valence-electron chi connectivity index (χ3n) is 2.76. The van der Waals surface area contributed by atoms with E-state index in [1.807, 2.05) is 19.1 Å². The second-order valence-corrected chi connectivity index (χ2v) is 4.28. The number of carbonyl (C=O) groups excluding carboxylic acids is 1. The molecule has 0 aliphatic rings. The summed E-state index contributed by atoms with van der Waals surface area (Å²) in [7, 11) is 0. The molecule has 1 aromatic rings. The van der Waals surface area contributed by atoms with Crippen LogP contribution in [0.5, 0.6) is 0 Å². The molecule has 1 N–H and O–H groups in total. The Bertz CT molecular complexity index is 443. The first-order valence-corrected chi connectivity index (χ1v) is 6.08. The number of carboxylic acid groups (broad SMARTS) is 1. The molecule has 0 saturated carbocycles. The van der Waals surface area contributed by atoms with E-state index in [9.17, 15) is 9.59 Å². The largest absolute Gasteiger partial charge is 0.481 e. The maximum atomic E-state index is 11.3. The molecule has 0 bridgehead atoms. The van der Waals surface area contributed by atoms with Gasteiger partial charge in [0.25, 0.3) is 0 Å². The van der Waals surface area contributed by atoms with Crippen molar-refractivity contribution in [1.82, 2.24) is 0 Å². The molecular weight excluding hydrogens is 228 g/mol. The minimum absolute atomic E-state index is 0.112. The van der Waals surface area contributed by atoms with Crippen LogP contribution >= 0.6 is 0 Å². The predicted octanol–water partition coefficient (Wildman–Crippen LogP) is 3.26. The molecule has 0 aliphatic heterocycles. The van der Waals surface area contributed by atoms with E-state index >= 15 is 0 Å². The van der Waals surface area contributed by atoms with E-state index in [2.05, 4.69) is 0 Å². The van der Waals surface area contributed by atoms with Gasteiger partial charge in [-0.3, -0.25) is 9.59 Å². The van der Waals surface area contributed by atoms with E-state index in [1.165, 1.54) is 0 Å². The fourth-order valence-corrected chi connectivity index (χ4v) is 1.56. The molecule has 1 rings (SSSR count). The molecule has 1 aromatic carbocycles. The lowest BCUT2D eigenvalue weighted by atomic mass is 10.00. The van der Waals surface area contributed by atoms with Crippen molar-refractivity contribution in [2.24, 2.45) is 0 Å². The average Bonchev–Trinajstić information content (AvgIpc) is 2.36. The highest BCUT2D eigenvalue weighted by atomic mass is 16.4. The summed E-state index contributed by atoms with van der Waals surface area (Å²) in [6.07, 6.45) is 4.73. The normalized spacial score (nSPS) is 12.6. The van der Waals surface area contributed by atoms with Gasteiger partial charge in [0.2, 0.25) is 0 Å². The molecule has 0 saturated heterocycles. The maximum absolute atomic E-state index is 11.3. The molecule has 1 atom stereocenters. The zero-order valence-electron chi connectivity index (χ0n) is 10.7. The van der Waals surface area contributed by atoms with Crippen LogP contribution in [0.2, 0.25) is 0 Å². The lowest BCUT2D eigenvalue weighted by Crippen LogP contribution is -2.06. The van der Waals surface area contributed by atoms with Crippen LogP contribution in [0.15, 0.2) is 30.3 Å². The number of carboxylic acids is 1. The molecule has 0 radical (unpaired) electrons. The average molecular weight is 246 g/mol. The molecule has 0 fully saturated rings. The van der Waals surface area contributed by atoms with Gasteiger partial charge in [-0.05, 0) is 30.5 Å². The van der Waals surface area contributed by atoms with E-state index < -0.39 is 11.9 Å². The highest BCUT2D eigenvalue weighted by molar-refractivity contribution is 5.93. The van der Waals surface area contributed by atoms with Crippen LogP contribution in [0, 0.1) is 0 Å². The number of hydrogen-bond donors (Lipinski definition) is 1. The van der Waals surface area contributed by atoms with Gasteiger partial charge in [0.05, 0.1) is 5.92 Å². The van der Waals surface area contributed by atoms with Crippen LogP contribution in [-0.2, 0) is 9.59 Å². The van der Waals surface area contributed by atoms with Crippen LogP contribution in [0.3, 0.4) is 0 Å². The quantitative estimate of drug-likeness (QED) is 0.784. The standard InChI is InChI=1S/C15H18O3/c1-3-4-14(16)10-7-12-5-8-13(9-6-12)11(2)15(17)18/h5-11H,3-4H2,1-2H3,(H,17,18)/b10-7+.